The fourth-order valence-electron chi connectivity index (χ4n) is 2.26. The summed E-state index contributed by atoms with van der Waals surface area (Å²) in [5.74, 6) is 1.41. The van der Waals surface area contributed by atoms with Crippen molar-refractivity contribution >= 4 is 34.2 Å². The molecule has 114 valence electrons. The topological polar surface area (TPSA) is 29.5 Å². The average Bonchev–Trinajstić information content (AvgIpc) is 2.86. The lowest BCUT2D eigenvalue weighted by Gasteiger charge is -2.26. The van der Waals surface area contributed by atoms with Gasteiger partial charge in [-0.3, -0.25) is 9.69 Å². The monoisotopic (exact) mass is 323 g/mol. The van der Waals surface area contributed by atoms with Crippen LogP contribution in [0.15, 0.2) is 30.3 Å². The summed E-state index contributed by atoms with van der Waals surface area (Å²) in [5.41, 5.74) is 1.12. The van der Waals surface area contributed by atoms with Gasteiger partial charge >= 0.3 is 0 Å². The van der Waals surface area contributed by atoms with E-state index in [2.05, 4.69) is 13.8 Å². The molecule has 1 heterocycles. The molecule has 0 aliphatic carbocycles. The Kier molecular flexibility index (Phi) is 6.21. The highest BCUT2D eigenvalue weighted by Crippen LogP contribution is 2.29. The van der Waals surface area contributed by atoms with E-state index in [1.807, 2.05) is 30.3 Å². The third-order valence-corrected chi connectivity index (χ3v) is 5.02. The van der Waals surface area contributed by atoms with E-state index < -0.39 is 0 Å². The molecule has 1 atom stereocenters. The smallest absolute Gasteiger partial charge is 0.230 e. The van der Waals surface area contributed by atoms with Gasteiger partial charge in [0.15, 0.2) is 0 Å². The van der Waals surface area contributed by atoms with Crippen LogP contribution in [0.25, 0.3) is 0 Å². The molecule has 0 bridgehead atoms. The van der Waals surface area contributed by atoms with E-state index in [4.69, 9.17) is 17.0 Å². The van der Waals surface area contributed by atoms with Gasteiger partial charge in [0.05, 0.1) is 19.6 Å². The number of hydrogen-bond acceptors (Lipinski definition) is 4. The van der Waals surface area contributed by atoms with Crippen LogP contribution in [0.2, 0.25) is 0 Å². The lowest BCUT2D eigenvalue weighted by molar-refractivity contribution is -0.130. The number of benzene rings is 1. The van der Waals surface area contributed by atoms with Crippen molar-refractivity contribution < 1.29 is 9.53 Å². The van der Waals surface area contributed by atoms with Gasteiger partial charge in [0.25, 0.3) is 0 Å². The normalized spacial score (nSPS) is 18.5. The summed E-state index contributed by atoms with van der Waals surface area (Å²) in [7, 11) is 0. The zero-order valence-electron chi connectivity index (χ0n) is 12.5. The first-order valence-electron chi connectivity index (χ1n) is 7.20. The summed E-state index contributed by atoms with van der Waals surface area (Å²) < 4.78 is 6.29. The molecule has 0 N–H and O–H groups in total. The Morgan fingerprint density at radius 2 is 2.14 bits per heavy atom. The molecule has 1 aliphatic heterocycles. The first-order valence-corrected chi connectivity index (χ1v) is 8.59. The first-order chi connectivity index (χ1) is 10.1. The van der Waals surface area contributed by atoms with Crippen LogP contribution in [0.3, 0.4) is 0 Å². The van der Waals surface area contributed by atoms with Gasteiger partial charge in [0.2, 0.25) is 5.91 Å². The van der Waals surface area contributed by atoms with E-state index in [0.29, 0.717) is 29.9 Å². The van der Waals surface area contributed by atoms with Gasteiger partial charge < -0.3 is 4.74 Å². The Balaban J connectivity index is 1.77. The average molecular weight is 323 g/mol. The third-order valence-electron chi connectivity index (χ3n) is 3.52. The zero-order valence-corrected chi connectivity index (χ0v) is 14.1. The summed E-state index contributed by atoms with van der Waals surface area (Å²) in [4.78, 5) is 14.1. The molecule has 0 unspecified atom stereocenters. The quantitative estimate of drug-likeness (QED) is 0.592. The van der Waals surface area contributed by atoms with Crippen LogP contribution < -0.4 is 0 Å². The zero-order chi connectivity index (χ0) is 15.2. The Labute approximate surface area is 136 Å². The second kappa shape index (κ2) is 7.92. The third kappa shape index (κ3) is 4.53. The van der Waals surface area contributed by atoms with Crippen LogP contribution in [-0.4, -0.2) is 33.5 Å². The highest BCUT2D eigenvalue weighted by atomic mass is 32.2. The lowest BCUT2D eigenvalue weighted by atomic mass is 10.0. The fraction of sp³-hybridized carbons (Fsp3) is 0.500. The first kappa shape index (κ1) is 16.5. The molecular formula is C16H21NO2S2. The maximum absolute atomic E-state index is 12.3. The molecule has 5 heteroatoms. The summed E-state index contributed by atoms with van der Waals surface area (Å²) in [6.07, 6.45) is 0.386. The Morgan fingerprint density at radius 1 is 1.43 bits per heavy atom. The number of thiocarbonyl (C=S) groups is 1. The van der Waals surface area contributed by atoms with Gasteiger partial charge in [-0.05, 0) is 11.5 Å². The number of amides is 1. The molecule has 21 heavy (non-hydrogen) atoms. The van der Waals surface area contributed by atoms with Crippen LogP contribution in [0.1, 0.15) is 25.8 Å². The number of ether oxygens (including phenoxy) is 1. The molecule has 1 aromatic carbocycles. The van der Waals surface area contributed by atoms with Crippen molar-refractivity contribution in [1.29, 1.82) is 0 Å². The van der Waals surface area contributed by atoms with Crippen molar-refractivity contribution in [2.75, 3.05) is 12.4 Å². The van der Waals surface area contributed by atoms with Gasteiger partial charge in [0.1, 0.15) is 4.32 Å². The van der Waals surface area contributed by atoms with Crippen LogP contribution >= 0.6 is 24.0 Å². The van der Waals surface area contributed by atoms with Gasteiger partial charge in [-0.25, -0.2) is 0 Å². The lowest BCUT2D eigenvalue weighted by Crippen LogP contribution is -2.41. The maximum atomic E-state index is 12.3. The summed E-state index contributed by atoms with van der Waals surface area (Å²) in [6.45, 7) is 5.24. The number of carbonyl (C=O) groups excluding carboxylic acids is 1. The van der Waals surface area contributed by atoms with Crippen molar-refractivity contribution in [2.24, 2.45) is 5.92 Å². The molecule has 1 amide bonds. The number of carbonyl (C=O) groups is 1. The summed E-state index contributed by atoms with van der Waals surface area (Å²) >= 11 is 6.90. The minimum absolute atomic E-state index is 0.0803. The van der Waals surface area contributed by atoms with Crippen molar-refractivity contribution in [2.45, 2.75) is 32.9 Å². The molecule has 0 spiro atoms. The molecular weight excluding hydrogens is 302 g/mol. The van der Waals surface area contributed by atoms with Gasteiger partial charge in [-0.15, -0.1) is 0 Å². The minimum Gasteiger partial charge on any atom is -0.376 e. The summed E-state index contributed by atoms with van der Waals surface area (Å²) in [6, 6.07) is 10.2. The molecule has 1 fully saturated rings. The van der Waals surface area contributed by atoms with E-state index in [1.54, 1.807) is 16.7 Å². The highest BCUT2D eigenvalue weighted by Gasteiger charge is 2.35. The fourth-order valence-corrected chi connectivity index (χ4v) is 3.92. The van der Waals surface area contributed by atoms with E-state index >= 15 is 0 Å². The molecule has 1 aromatic rings. The van der Waals surface area contributed by atoms with Gasteiger partial charge in [-0.1, -0.05) is 68.2 Å². The minimum atomic E-state index is 0.0803. The van der Waals surface area contributed by atoms with Crippen molar-refractivity contribution in [3.63, 3.8) is 0 Å². The molecule has 0 saturated carbocycles. The highest BCUT2D eigenvalue weighted by molar-refractivity contribution is 8.23. The van der Waals surface area contributed by atoms with Crippen LogP contribution in [0.5, 0.6) is 0 Å². The van der Waals surface area contributed by atoms with Crippen molar-refractivity contribution in [3.05, 3.63) is 35.9 Å². The van der Waals surface area contributed by atoms with Crippen molar-refractivity contribution in [1.82, 2.24) is 4.90 Å². The standard InChI is InChI=1S/C16H21NO2S2/c1-12(2)14-11-21-16(20)17(14)15(18)8-9-19-10-13-6-4-3-5-7-13/h3-7,12,14H,8-11H2,1-2H3/t14-/m1/s1. The largest absolute Gasteiger partial charge is 0.376 e. The molecule has 1 saturated heterocycles. The predicted molar refractivity (Wildman–Crippen MR) is 91.2 cm³/mol. The predicted octanol–water partition coefficient (Wildman–Crippen LogP) is 3.48. The number of nitrogens with zero attached hydrogens (tertiary/aromatic N) is 1. The van der Waals surface area contributed by atoms with E-state index in [0.717, 1.165) is 11.3 Å². The number of hydrogen-bond donors (Lipinski definition) is 0. The molecule has 0 radical (unpaired) electrons. The SMILES string of the molecule is CC(C)[C@H]1CSC(=S)N1C(=O)CCOCc1ccccc1. The van der Waals surface area contributed by atoms with Gasteiger partial charge in [-0.2, -0.15) is 0 Å². The Hall–Kier alpha value is -0.910. The number of rotatable bonds is 6. The Bertz CT molecular complexity index is 490. The van der Waals surface area contributed by atoms with Crippen molar-refractivity contribution in [3.8, 4) is 0 Å². The molecule has 1 aliphatic rings. The second-order valence-electron chi connectivity index (χ2n) is 5.44. The number of thioether (sulfide) groups is 1. The van der Waals surface area contributed by atoms with Crippen LogP contribution in [0, 0.1) is 5.92 Å². The maximum Gasteiger partial charge on any atom is 0.230 e. The van der Waals surface area contributed by atoms with Crippen LogP contribution in [0.4, 0.5) is 0 Å². The van der Waals surface area contributed by atoms with E-state index in [1.165, 1.54) is 0 Å². The molecule has 2 rings (SSSR count). The van der Waals surface area contributed by atoms with Gasteiger partial charge in [0, 0.05) is 11.8 Å². The van der Waals surface area contributed by atoms with E-state index in [-0.39, 0.29) is 11.9 Å². The summed E-state index contributed by atoms with van der Waals surface area (Å²) in [5, 5.41) is 0. The van der Waals surface area contributed by atoms with E-state index in [9.17, 15) is 4.79 Å². The molecule has 3 nitrogen and oxygen atoms in total. The Morgan fingerprint density at radius 3 is 2.81 bits per heavy atom. The van der Waals surface area contributed by atoms with Crippen LogP contribution in [-0.2, 0) is 16.1 Å². The second-order valence-corrected chi connectivity index (χ2v) is 7.09. The molecule has 0 aromatic heterocycles.